The molecule has 1 aliphatic carbocycles. The van der Waals surface area contributed by atoms with Crippen LogP contribution in [0.2, 0.25) is 0 Å². The zero-order valence-electron chi connectivity index (χ0n) is 17.4. The number of rotatable bonds is 1. The third kappa shape index (κ3) is 2.62. The molecular formula is C26H27NS. The minimum Gasteiger partial charge on any atom is -0.256 e. The number of nitrogens with zero attached hydrogens (tertiary/aromatic N) is 1. The summed E-state index contributed by atoms with van der Waals surface area (Å²) in [7, 11) is 0. The predicted octanol–water partition coefficient (Wildman–Crippen LogP) is 7.77. The first-order valence-corrected chi connectivity index (χ1v) is 11.0. The van der Waals surface area contributed by atoms with Crippen LogP contribution < -0.4 is 0 Å². The van der Waals surface area contributed by atoms with Gasteiger partial charge >= 0.3 is 0 Å². The van der Waals surface area contributed by atoms with Crippen molar-refractivity contribution >= 4 is 31.5 Å². The summed E-state index contributed by atoms with van der Waals surface area (Å²) in [6.07, 6.45) is 4.42. The van der Waals surface area contributed by atoms with Crippen LogP contribution in [0.3, 0.4) is 0 Å². The van der Waals surface area contributed by atoms with E-state index in [2.05, 4.69) is 82.1 Å². The Balaban J connectivity index is 1.84. The highest BCUT2D eigenvalue weighted by molar-refractivity contribution is 7.26. The molecule has 0 saturated heterocycles. The van der Waals surface area contributed by atoms with Crippen LogP contribution in [0.5, 0.6) is 0 Å². The van der Waals surface area contributed by atoms with Gasteiger partial charge in [0.15, 0.2) is 0 Å². The fraction of sp³-hybridized carbons (Fsp3) is 0.346. The molecule has 0 unspecified atom stereocenters. The molecule has 0 fully saturated rings. The maximum Gasteiger partial charge on any atom is 0.0719 e. The Morgan fingerprint density at radius 2 is 1.57 bits per heavy atom. The summed E-state index contributed by atoms with van der Waals surface area (Å²) in [5, 5.41) is 2.77. The summed E-state index contributed by atoms with van der Waals surface area (Å²) >= 11 is 1.92. The van der Waals surface area contributed by atoms with Gasteiger partial charge in [0.05, 0.1) is 5.69 Å². The molecule has 1 nitrogen and oxygen atoms in total. The summed E-state index contributed by atoms with van der Waals surface area (Å²) in [5.74, 6) is 0. The van der Waals surface area contributed by atoms with Crippen LogP contribution in [0.25, 0.3) is 31.4 Å². The Morgan fingerprint density at radius 3 is 2.29 bits per heavy atom. The van der Waals surface area contributed by atoms with Crippen LogP contribution in [0, 0.1) is 6.92 Å². The molecule has 0 saturated carbocycles. The third-order valence-corrected chi connectivity index (χ3v) is 7.86. The summed E-state index contributed by atoms with van der Waals surface area (Å²) in [5.41, 5.74) is 7.13. The molecule has 0 radical (unpaired) electrons. The normalized spacial score (nSPS) is 17.8. The van der Waals surface area contributed by atoms with E-state index >= 15 is 0 Å². The van der Waals surface area contributed by atoms with Gasteiger partial charge in [-0.2, -0.15) is 0 Å². The first-order chi connectivity index (χ1) is 13.3. The molecule has 0 aliphatic heterocycles. The lowest BCUT2D eigenvalue weighted by Crippen LogP contribution is -2.33. The summed E-state index contributed by atoms with van der Waals surface area (Å²) in [4.78, 5) is 4.66. The molecule has 28 heavy (non-hydrogen) atoms. The van der Waals surface area contributed by atoms with Crippen molar-refractivity contribution in [1.82, 2.24) is 4.98 Å². The van der Waals surface area contributed by atoms with Gasteiger partial charge in [-0.25, -0.2) is 0 Å². The molecule has 5 rings (SSSR count). The molecule has 2 aromatic carbocycles. The molecular weight excluding hydrogens is 358 g/mol. The quantitative estimate of drug-likeness (QED) is 0.326. The summed E-state index contributed by atoms with van der Waals surface area (Å²) in [6.45, 7) is 11.8. The molecule has 2 heterocycles. The Morgan fingerprint density at radius 1 is 0.857 bits per heavy atom. The SMILES string of the molecule is Cc1ccnc(-c2cccc3c2sc2cc4c(cc23)C(C)(C)CCC4(C)C)c1. The van der Waals surface area contributed by atoms with Crippen molar-refractivity contribution < 1.29 is 0 Å². The van der Waals surface area contributed by atoms with Crippen molar-refractivity contribution in [3.8, 4) is 11.3 Å². The molecule has 142 valence electrons. The van der Waals surface area contributed by atoms with Gasteiger partial charge in [-0.05, 0) is 71.6 Å². The third-order valence-electron chi connectivity index (χ3n) is 6.66. The van der Waals surface area contributed by atoms with Crippen molar-refractivity contribution in [1.29, 1.82) is 0 Å². The fourth-order valence-electron chi connectivity index (χ4n) is 4.74. The molecule has 0 amide bonds. The number of fused-ring (bicyclic) bond motifs is 4. The van der Waals surface area contributed by atoms with E-state index in [1.807, 2.05) is 17.5 Å². The summed E-state index contributed by atoms with van der Waals surface area (Å²) in [6, 6.07) is 15.9. The van der Waals surface area contributed by atoms with Crippen LogP contribution >= 0.6 is 11.3 Å². The first kappa shape index (κ1) is 17.9. The van der Waals surface area contributed by atoms with Gasteiger partial charge in [-0.3, -0.25) is 4.98 Å². The van der Waals surface area contributed by atoms with Crippen LogP contribution in [0.4, 0.5) is 0 Å². The Bertz CT molecular complexity index is 1230. The Labute approximate surface area is 171 Å². The highest BCUT2D eigenvalue weighted by Gasteiger charge is 2.37. The van der Waals surface area contributed by atoms with Crippen LogP contribution in [-0.4, -0.2) is 4.98 Å². The monoisotopic (exact) mass is 385 g/mol. The molecule has 4 aromatic rings. The number of thiophene rings is 1. The minimum atomic E-state index is 0.239. The zero-order valence-corrected chi connectivity index (χ0v) is 18.2. The van der Waals surface area contributed by atoms with Gasteiger partial charge in [-0.1, -0.05) is 45.9 Å². The topological polar surface area (TPSA) is 12.9 Å². The van der Waals surface area contributed by atoms with Crippen molar-refractivity contribution in [2.75, 3.05) is 0 Å². The van der Waals surface area contributed by atoms with E-state index in [1.54, 1.807) is 0 Å². The van der Waals surface area contributed by atoms with Gasteiger partial charge in [-0.15, -0.1) is 11.3 Å². The van der Waals surface area contributed by atoms with E-state index in [4.69, 9.17) is 0 Å². The maximum absolute atomic E-state index is 4.66. The Hall–Kier alpha value is -2.19. The molecule has 2 aromatic heterocycles. The van der Waals surface area contributed by atoms with Crippen molar-refractivity contribution in [2.45, 2.75) is 58.3 Å². The van der Waals surface area contributed by atoms with E-state index in [1.165, 1.54) is 55.3 Å². The Kier molecular flexibility index (Phi) is 3.77. The van der Waals surface area contributed by atoms with E-state index in [0.717, 1.165) is 5.69 Å². The molecule has 0 bridgehead atoms. The van der Waals surface area contributed by atoms with Crippen LogP contribution in [-0.2, 0) is 10.8 Å². The second kappa shape index (κ2) is 5.90. The second-order valence-corrected chi connectivity index (χ2v) is 10.7. The minimum absolute atomic E-state index is 0.239. The van der Waals surface area contributed by atoms with Crippen LogP contribution in [0.15, 0.2) is 48.7 Å². The van der Waals surface area contributed by atoms with E-state index in [0.29, 0.717) is 0 Å². The maximum atomic E-state index is 4.66. The largest absolute Gasteiger partial charge is 0.256 e. The number of pyridine rings is 1. The molecule has 1 aliphatic rings. The molecule has 0 atom stereocenters. The van der Waals surface area contributed by atoms with Gasteiger partial charge in [0.25, 0.3) is 0 Å². The highest BCUT2D eigenvalue weighted by Crippen LogP contribution is 2.49. The molecule has 2 heteroatoms. The highest BCUT2D eigenvalue weighted by atomic mass is 32.1. The lowest BCUT2D eigenvalue weighted by Gasteiger charge is -2.41. The number of hydrogen-bond donors (Lipinski definition) is 0. The number of aromatic nitrogens is 1. The standard InChI is InChI=1S/C26H27NS/c1-16-9-12-27-22(13-16)18-8-6-7-17-19-14-20-21(15-23(19)28-24(17)18)26(4,5)11-10-25(20,2)3/h6-9,12-15H,10-11H2,1-5H3. The average molecular weight is 386 g/mol. The number of benzene rings is 2. The predicted molar refractivity (Wildman–Crippen MR) is 123 cm³/mol. The zero-order chi connectivity index (χ0) is 19.7. The fourth-order valence-corrected chi connectivity index (χ4v) is 5.99. The van der Waals surface area contributed by atoms with Crippen molar-refractivity contribution in [2.24, 2.45) is 0 Å². The van der Waals surface area contributed by atoms with Crippen molar-refractivity contribution in [3.63, 3.8) is 0 Å². The number of aryl methyl sites for hydroxylation is 1. The van der Waals surface area contributed by atoms with Crippen LogP contribution in [0.1, 0.15) is 57.2 Å². The second-order valence-electron chi connectivity index (χ2n) is 9.66. The van der Waals surface area contributed by atoms with Gasteiger partial charge in [0.1, 0.15) is 0 Å². The lowest BCUT2D eigenvalue weighted by molar-refractivity contribution is 0.332. The van der Waals surface area contributed by atoms with Gasteiger partial charge in [0.2, 0.25) is 0 Å². The summed E-state index contributed by atoms with van der Waals surface area (Å²) < 4.78 is 2.76. The first-order valence-electron chi connectivity index (χ1n) is 10.2. The van der Waals surface area contributed by atoms with Crippen molar-refractivity contribution in [3.05, 3.63) is 65.4 Å². The van der Waals surface area contributed by atoms with E-state index in [-0.39, 0.29) is 10.8 Å². The van der Waals surface area contributed by atoms with Gasteiger partial charge < -0.3 is 0 Å². The molecule has 0 spiro atoms. The smallest absolute Gasteiger partial charge is 0.0719 e. The van der Waals surface area contributed by atoms with E-state index in [9.17, 15) is 0 Å². The average Bonchev–Trinajstić information content (AvgIpc) is 3.02. The molecule has 0 N–H and O–H groups in total. The lowest BCUT2D eigenvalue weighted by atomic mass is 9.63. The van der Waals surface area contributed by atoms with Gasteiger partial charge in [0, 0.05) is 31.9 Å². The number of hydrogen-bond acceptors (Lipinski definition) is 2. The van der Waals surface area contributed by atoms with E-state index < -0.39 is 0 Å².